The van der Waals surface area contributed by atoms with Crippen LogP contribution in [0, 0.1) is 0 Å². The fourth-order valence-electron chi connectivity index (χ4n) is 1.60. The van der Waals surface area contributed by atoms with Crippen molar-refractivity contribution in [1.82, 2.24) is 19.7 Å². The minimum atomic E-state index is 0.972. The van der Waals surface area contributed by atoms with Crippen LogP contribution >= 0.6 is 0 Å². The van der Waals surface area contributed by atoms with Crippen molar-refractivity contribution >= 4 is 0 Å². The molecule has 0 aliphatic carbocycles. The first-order valence-electron chi connectivity index (χ1n) is 4.50. The fourth-order valence-corrected chi connectivity index (χ4v) is 1.60. The molecule has 0 saturated carbocycles. The minimum Gasteiger partial charge on any atom is -0.301 e. The second-order valence-electron chi connectivity index (χ2n) is 3.21. The van der Waals surface area contributed by atoms with E-state index < -0.39 is 0 Å². The molecule has 66 valence electrons. The molecule has 1 aliphatic rings. The molecule has 2 rings (SSSR count). The van der Waals surface area contributed by atoms with Crippen LogP contribution in [0.4, 0.5) is 0 Å². The van der Waals surface area contributed by atoms with Crippen molar-refractivity contribution < 1.29 is 0 Å². The van der Waals surface area contributed by atoms with Gasteiger partial charge in [-0.3, -0.25) is 4.68 Å². The Morgan fingerprint density at radius 2 is 2.00 bits per heavy atom. The molecule has 1 aromatic rings. The summed E-state index contributed by atoms with van der Waals surface area (Å²) in [5.74, 6) is 0. The predicted molar refractivity (Wildman–Crippen MR) is 45.7 cm³/mol. The Morgan fingerprint density at radius 1 is 1.17 bits per heavy atom. The molecule has 4 nitrogen and oxygen atoms in total. The zero-order valence-corrected chi connectivity index (χ0v) is 7.19. The van der Waals surface area contributed by atoms with E-state index >= 15 is 0 Å². The first-order valence-corrected chi connectivity index (χ1v) is 4.50. The largest absolute Gasteiger partial charge is 0.301 e. The zero-order valence-electron chi connectivity index (χ0n) is 7.19. The van der Waals surface area contributed by atoms with Crippen molar-refractivity contribution in [3.05, 3.63) is 12.7 Å². The summed E-state index contributed by atoms with van der Waals surface area (Å²) in [6, 6.07) is 0. The second kappa shape index (κ2) is 3.67. The first-order chi connectivity index (χ1) is 5.95. The Labute approximate surface area is 72.2 Å². The van der Waals surface area contributed by atoms with Crippen LogP contribution in [0.5, 0.6) is 0 Å². The molecule has 0 atom stereocenters. The van der Waals surface area contributed by atoms with Crippen LogP contribution in [0.15, 0.2) is 12.7 Å². The van der Waals surface area contributed by atoms with Crippen molar-refractivity contribution in [2.75, 3.05) is 19.6 Å². The quantitative estimate of drug-likeness (QED) is 0.650. The molecule has 0 N–H and O–H groups in total. The lowest BCUT2D eigenvalue weighted by atomic mass is 10.4. The lowest BCUT2D eigenvalue weighted by Gasteiger charge is -2.13. The van der Waals surface area contributed by atoms with Gasteiger partial charge in [-0.05, 0) is 25.9 Å². The van der Waals surface area contributed by atoms with Crippen molar-refractivity contribution in [2.45, 2.75) is 19.4 Å². The number of nitrogens with zero attached hydrogens (tertiary/aromatic N) is 4. The average Bonchev–Trinajstić information content (AvgIpc) is 2.74. The Balaban J connectivity index is 1.74. The number of hydrogen-bond donors (Lipinski definition) is 0. The summed E-state index contributed by atoms with van der Waals surface area (Å²) in [6.45, 7) is 4.60. The van der Waals surface area contributed by atoms with Crippen LogP contribution in [0.25, 0.3) is 0 Å². The number of likely N-dealkylation sites (tertiary alicyclic amines) is 1. The number of aromatic nitrogens is 3. The zero-order chi connectivity index (χ0) is 8.23. The molecule has 0 spiro atoms. The highest BCUT2D eigenvalue weighted by Crippen LogP contribution is 2.06. The van der Waals surface area contributed by atoms with Crippen molar-refractivity contribution in [2.24, 2.45) is 0 Å². The molecule has 12 heavy (non-hydrogen) atoms. The van der Waals surface area contributed by atoms with Gasteiger partial charge in [0.05, 0.1) is 6.54 Å². The molecule has 4 heteroatoms. The van der Waals surface area contributed by atoms with Gasteiger partial charge in [-0.2, -0.15) is 5.10 Å². The topological polar surface area (TPSA) is 34.0 Å². The summed E-state index contributed by atoms with van der Waals surface area (Å²) in [5.41, 5.74) is 0. The lowest BCUT2D eigenvalue weighted by Crippen LogP contribution is -2.24. The van der Waals surface area contributed by atoms with E-state index in [2.05, 4.69) is 15.0 Å². The van der Waals surface area contributed by atoms with Crippen LogP contribution < -0.4 is 0 Å². The SMILES string of the molecule is c1ncn(CCN2CCCC2)n1. The van der Waals surface area contributed by atoms with E-state index in [9.17, 15) is 0 Å². The van der Waals surface area contributed by atoms with Gasteiger partial charge in [-0.15, -0.1) is 0 Å². The van der Waals surface area contributed by atoms with Crippen LogP contribution in [-0.2, 0) is 6.54 Å². The fraction of sp³-hybridized carbons (Fsp3) is 0.750. The van der Waals surface area contributed by atoms with E-state index in [0.29, 0.717) is 0 Å². The average molecular weight is 166 g/mol. The van der Waals surface area contributed by atoms with Crippen LogP contribution in [-0.4, -0.2) is 39.3 Å². The Kier molecular flexibility index (Phi) is 2.36. The van der Waals surface area contributed by atoms with Gasteiger partial charge in [-0.1, -0.05) is 0 Å². The van der Waals surface area contributed by atoms with Crippen molar-refractivity contribution in [1.29, 1.82) is 0 Å². The van der Waals surface area contributed by atoms with Gasteiger partial charge >= 0.3 is 0 Å². The van der Waals surface area contributed by atoms with E-state index in [1.807, 2.05) is 4.68 Å². The lowest BCUT2D eigenvalue weighted by molar-refractivity contribution is 0.315. The molecular weight excluding hydrogens is 152 g/mol. The van der Waals surface area contributed by atoms with Crippen LogP contribution in [0.1, 0.15) is 12.8 Å². The Morgan fingerprint density at radius 3 is 2.67 bits per heavy atom. The molecule has 0 unspecified atom stereocenters. The molecule has 1 fully saturated rings. The van der Waals surface area contributed by atoms with Gasteiger partial charge in [0.2, 0.25) is 0 Å². The van der Waals surface area contributed by atoms with Gasteiger partial charge in [0.25, 0.3) is 0 Å². The molecule has 0 bridgehead atoms. The third kappa shape index (κ3) is 1.82. The summed E-state index contributed by atoms with van der Waals surface area (Å²) in [7, 11) is 0. The standard InChI is InChI=1S/C8H14N4/c1-2-4-11(3-1)5-6-12-8-9-7-10-12/h7-8H,1-6H2. The van der Waals surface area contributed by atoms with E-state index in [0.717, 1.165) is 13.1 Å². The first kappa shape index (κ1) is 7.73. The normalized spacial score (nSPS) is 18.7. The molecule has 2 heterocycles. The van der Waals surface area contributed by atoms with Gasteiger partial charge in [-0.25, -0.2) is 4.98 Å². The van der Waals surface area contributed by atoms with E-state index in [-0.39, 0.29) is 0 Å². The molecular formula is C8H14N4. The molecule has 0 amide bonds. The maximum absolute atomic E-state index is 4.06. The molecule has 1 aromatic heterocycles. The third-order valence-corrected chi connectivity index (χ3v) is 2.31. The van der Waals surface area contributed by atoms with E-state index in [1.54, 1.807) is 12.7 Å². The predicted octanol–water partition coefficient (Wildman–Crippen LogP) is 0.374. The highest BCUT2D eigenvalue weighted by Gasteiger charge is 2.10. The highest BCUT2D eigenvalue weighted by atomic mass is 15.3. The maximum atomic E-state index is 4.06. The summed E-state index contributed by atoms with van der Waals surface area (Å²) in [4.78, 5) is 6.37. The Hall–Kier alpha value is -0.900. The highest BCUT2D eigenvalue weighted by molar-refractivity contribution is 4.66. The second-order valence-corrected chi connectivity index (χ2v) is 3.21. The smallest absolute Gasteiger partial charge is 0.137 e. The monoisotopic (exact) mass is 166 g/mol. The van der Waals surface area contributed by atoms with Gasteiger partial charge < -0.3 is 4.90 Å². The minimum absolute atomic E-state index is 0.972. The molecule has 1 saturated heterocycles. The van der Waals surface area contributed by atoms with Gasteiger partial charge in [0, 0.05) is 6.54 Å². The van der Waals surface area contributed by atoms with E-state index in [4.69, 9.17) is 0 Å². The van der Waals surface area contributed by atoms with Gasteiger partial charge in [0.15, 0.2) is 0 Å². The molecule has 0 aromatic carbocycles. The molecule has 0 radical (unpaired) electrons. The van der Waals surface area contributed by atoms with Crippen molar-refractivity contribution in [3.63, 3.8) is 0 Å². The Bertz CT molecular complexity index is 213. The third-order valence-electron chi connectivity index (χ3n) is 2.31. The van der Waals surface area contributed by atoms with E-state index in [1.165, 1.54) is 25.9 Å². The summed E-state index contributed by atoms with van der Waals surface area (Å²) >= 11 is 0. The number of hydrogen-bond acceptors (Lipinski definition) is 3. The van der Waals surface area contributed by atoms with Crippen molar-refractivity contribution in [3.8, 4) is 0 Å². The van der Waals surface area contributed by atoms with Crippen LogP contribution in [0.2, 0.25) is 0 Å². The molecule has 1 aliphatic heterocycles. The summed E-state index contributed by atoms with van der Waals surface area (Å²) < 4.78 is 1.89. The summed E-state index contributed by atoms with van der Waals surface area (Å²) in [6.07, 6.45) is 6.08. The maximum Gasteiger partial charge on any atom is 0.137 e. The van der Waals surface area contributed by atoms with Crippen LogP contribution in [0.3, 0.4) is 0 Å². The van der Waals surface area contributed by atoms with Gasteiger partial charge in [0.1, 0.15) is 12.7 Å². The summed E-state index contributed by atoms with van der Waals surface area (Å²) in [5, 5.41) is 4.06. The number of rotatable bonds is 3.